The van der Waals surface area contributed by atoms with Gasteiger partial charge in [-0.2, -0.15) is 0 Å². The standard InChI is InChI=1S/C18H24N2O3/c21-12-18-6-8-23-10-14(18)9-20(11-18)17(22)15-5-1-3-13-4-2-7-19-16(13)15/h1,3,5,14,19,21H,2,4,6-12H2/t14-,18-/m1/s1. The Hall–Kier alpha value is -1.59. The number of nitrogens with zero attached hydrogens (tertiary/aromatic N) is 1. The van der Waals surface area contributed by atoms with Crippen molar-refractivity contribution in [3.05, 3.63) is 29.3 Å². The molecule has 2 N–H and O–H groups in total. The molecule has 0 saturated carbocycles. The summed E-state index contributed by atoms with van der Waals surface area (Å²) in [7, 11) is 0. The number of carbonyl (C=O) groups excluding carboxylic acids is 1. The number of benzene rings is 1. The van der Waals surface area contributed by atoms with Gasteiger partial charge in [-0.3, -0.25) is 4.79 Å². The number of hydrogen-bond donors (Lipinski definition) is 2. The maximum absolute atomic E-state index is 13.1. The largest absolute Gasteiger partial charge is 0.396 e. The number of carbonyl (C=O) groups is 1. The predicted octanol–water partition coefficient (Wildman–Crippen LogP) is 1.52. The highest BCUT2D eigenvalue weighted by Gasteiger charge is 2.49. The van der Waals surface area contributed by atoms with E-state index >= 15 is 0 Å². The second-order valence-corrected chi connectivity index (χ2v) is 7.10. The second-order valence-electron chi connectivity index (χ2n) is 7.10. The van der Waals surface area contributed by atoms with Crippen LogP contribution in [0, 0.1) is 11.3 Å². The number of fused-ring (bicyclic) bond motifs is 2. The van der Waals surface area contributed by atoms with E-state index < -0.39 is 0 Å². The van der Waals surface area contributed by atoms with Gasteiger partial charge in [-0.25, -0.2) is 0 Å². The monoisotopic (exact) mass is 316 g/mol. The fraction of sp³-hybridized carbons (Fsp3) is 0.611. The van der Waals surface area contributed by atoms with Gasteiger partial charge >= 0.3 is 0 Å². The summed E-state index contributed by atoms with van der Waals surface area (Å²) in [6.45, 7) is 3.71. The first-order chi connectivity index (χ1) is 11.2. The van der Waals surface area contributed by atoms with Gasteiger partial charge in [0.15, 0.2) is 0 Å². The SMILES string of the molecule is O=C(c1cccc2c1NCCC2)N1C[C@@H]2COCC[C@]2(CO)C1. The Kier molecular flexibility index (Phi) is 3.77. The number of rotatable bonds is 2. The number of nitrogens with one attached hydrogen (secondary N) is 1. The molecule has 0 aliphatic carbocycles. The van der Waals surface area contributed by atoms with Gasteiger partial charge in [-0.1, -0.05) is 12.1 Å². The summed E-state index contributed by atoms with van der Waals surface area (Å²) in [4.78, 5) is 15.0. The molecular formula is C18H24N2O3. The minimum absolute atomic E-state index is 0.0819. The smallest absolute Gasteiger partial charge is 0.255 e. The van der Waals surface area contributed by atoms with E-state index in [4.69, 9.17) is 4.74 Å². The van der Waals surface area contributed by atoms with E-state index in [1.165, 1.54) is 5.56 Å². The molecule has 0 spiro atoms. The molecule has 3 heterocycles. The minimum atomic E-state index is -0.170. The van der Waals surface area contributed by atoms with E-state index in [1.807, 2.05) is 17.0 Å². The van der Waals surface area contributed by atoms with Gasteiger partial charge in [0, 0.05) is 37.6 Å². The highest BCUT2D eigenvalue weighted by Crippen LogP contribution is 2.42. The fourth-order valence-electron chi connectivity index (χ4n) is 4.32. The number of amides is 1. The number of likely N-dealkylation sites (tertiary alicyclic amines) is 1. The average Bonchev–Trinajstić information content (AvgIpc) is 3.01. The summed E-state index contributed by atoms with van der Waals surface area (Å²) < 4.78 is 5.57. The van der Waals surface area contributed by atoms with Crippen LogP contribution in [0.2, 0.25) is 0 Å². The molecular weight excluding hydrogens is 292 g/mol. The van der Waals surface area contributed by atoms with Crippen LogP contribution in [0.25, 0.3) is 0 Å². The topological polar surface area (TPSA) is 61.8 Å². The second kappa shape index (κ2) is 5.80. The molecule has 0 unspecified atom stereocenters. The van der Waals surface area contributed by atoms with Gasteiger partial charge in [-0.05, 0) is 30.9 Å². The lowest BCUT2D eigenvalue weighted by molar-refractivity contribution is -0.0415. The highest BCUT2D eigenvalue weighted by molar-refractivity contribution is 6.00. The first-order valence-corrected chi connectivity index (χ1v) is 8.57. The molecule has 1 aromatic carbocycles. The normalized spacial score (nSPS) is 29.6. The molecule has 0 radical (unpaired) electrons. The molecule has 1 amide bonds. The summed E-state index contributed by atoms with van der Waals surface area (Å²) in [5.74, 6) is 0.330. The molecule has 23 heavy (non-hydrogen) atoms. The third-order valence-electron chi connectivity index (χ3n) is 5.78. The predicted molar refractivity (Wildman–Crippen MR) is 87.6 cm³/mol. The highest BCUT2D eigenvalue weighted by atomic mass is 16.5. The van der Waals surface area contributed by atoms with Crippen molar-refractivity contribution in [3.63, 3.8) is 0 Å². The third kappa shape index (κ3) is 2.42. The fourth-order valence-corrected chi connectivity index (χ4v) is 4.32. The molecule has 3 aliphatic rings. The van der Waals surface area contributed by atoms with Crippen LogP contribution in [0.5, 0.6) is 0 Å². The number of ether oxygens (including phenoxy) is 1. The molecule has 4 rings (SSSR count). The quantitative estimate of drug-likeness (QED) is 0.868. The average molecular weight is 316 g/mol. The molecule has 2 atom stereocenters. The summed E-state index contributed by atoms with van der Waals surface area (Å²) >= 11 is 0. The van der Waals surface area contributed by atoms with Crippen LogP contribution >= 0.6 is 0 Å². The van der Waals surface area contributed by atoms with Crippen LogP contribution < -0.4 is 5.32 Å². The lowest BCUT2D eigenvalue weighted by Crippen LogP contribution is -2.41. The van der Waals surface area contributed by atoms with Crippen molar-refractivity contribution < 1.29 is 14.6 Å². The van der Waals surface area contributed by atoms with E-state index in [0.717, 1.165) is 37.1 Å². The zero-order valence-electron chi connectivity index (χ0n) is 13.4. The molecule has 1 aromatic rings. The molecule has 124 valence electrons. The molecule has 0 bridgehead atoms. The number of aryl methyl sites for hydroxylation is 1. The van der Waals surface area contributed by atoms with Gasteiger partial charge in [0.2, 0.25) is 0 Å². The Morgan fingerprint density at radius 3 is 3.22 bits per heavy atom. The first-order valence-electron chi connectivity index (χ1n) is 8.57. The van der Waals surface area contributed by atoms with Gasteiger partial charge in [-0.15, -0.1) is 0 Å². The van der Waals surface area contributed by atoms with Crippen molar-refractivity contribution in [2.24, 2.45) is 11.3 Å². The van der Waals surface area contributed by atoms with Crippen molar-refractivity contribution in [2.75, 3.05) is 44.8 Å². The summed E-state index contributed by atoms with van der Waals surface area (Å²) in [5.41, 5.74) is 2.85. The van der Waals surface area contributed by atoms with Gasteiger partial charge < -0.3 is 20.1 Å². The van der Waals surface area contributed by atoms with Crippen LogP contribution in [0.4, 0.5) is 5.69 Å². The van der Waals surface area contributed by atoms with E-state index in [-0.39, 0.29) is 23.8 Å². The van der Waals surface area contributed by atoms with E-state index in [2.05, 4.69) is 11.4 Å². The Balaban J connectivity index is 1.61. The molecule has 2 fully saturated rings. The molecule has 5 heteroatoms. The van der Waals surface area contributed by atoms with Crippen molar-refractivity contribution in [2.45, 2.75) is 19.3 Å². The zero-order valence-corrected chi connectivity index (χ0v) is 13.4. The van der Waals surface area contributed by atoms with Crippen molar-refractivity contribution in [1.29, 1.82) is 0 Å². The summed E-state index contributed by atoms with van der Waals surface area (Å²) in [5, 5.41) is 13.3. The van der Waals surface area contributed by atoms with Gasteiger partial charge in [0.25, 0.3) is 5.91 Å². The zero-order chi connectivity index (χ0) is 15.9. The molecule has 3 aliphatic heterocycles. The summed E-state index contributed by atoms with van der Waals surface area (Å²) in [6.07, 6.45) is 2.98. The number of aliphatic hydroxyl groups is 1. The van der Waals surface area contributed by atoms with Crippen molar-refractivity contribution >= 4 is 11.6 Å². The Morgan fingerprint density at radius 1 is 1.48 bits per heavy atom. The van der Waals surface area contributed by atoms with Crippen LogP contribution in [0.1, 0.15) is 28.8 Å². The Morgan fingerprint density at radius 2 is 2.39 bits per heavy atom. The number of para-hydroxylation sites is 1. The minimum Gasteiger partial charge on any atom is -0.396 e. The Bertz CT molecular complexity index is 618. The van der Waals surface area contributed by atoms with Crippen LogP contribution in [0.15, 0.2) is 18.2 Å². The van der Waals surface area contributed by atoms with E-state index in [1.54, 1.807) is 0 Å². The van der Waals surface area contributed by atoms with E-state index in [0.29, 0.717) is 26.3 Å². The maximum Gasteiger partial charge on any atom is 0.255 e. The number of hydrogen-bond acceptors (Lipinski definition) is 4. The lowest BCUT2D eigenvalue weighted by atomic mass is 9.75. The van der Waals surface area contributed by atoms with Crippen LogP contribution in [-0.2, 0) is 11.2 Å². The van der Waals surface area contributed by atoms with Crippen molar-refractivity contribution in [3.8, 4) is 0 Å². The molecule has 0 aromatic heterocycles. The number of anilines is 1. The van der Waals surface area contributed by atoms with Crippen molar-refractivity contribution in [1.82, 2.24) is 4.90 Å². The van der Waals surface area contributed by atoms with Gasteiger partial charge in [0.05, 0.1) is 24.5 Å². The molecule has 2 saturated heterocycles. The van der Waals surface area contributed by atoms with E-state index in [9.17, 15) is 9.90 Å². The Labute approximate surface area is 136 Å². The van der Waals surface area contributed by atoms with Gasteiger partial charge in [0.1, 0.15) is 0 Å². The first kappa shape index (κ1) is 15.0. The maximum atomic E-state index is 13.1. The summed E-state index contributed by atoms with van der Waals surface area (Å²) in [6, 6.07) is 6.00. The lowest BCUT2D eigenvalue weighted by Gasteiger charge is -2.36. The third-order valence-corrected chi connectivity index (χ3v) is 5.78. The molecule has 5 nitrogen and oxygen atoms in total. The van der Waals surface area contributed by atoms with Crippen LogP contribution in [0.3, 0.4) is 0 Å². The van der Waals surface area contributed by atoms with Crippen LogP contribution in [-0.4, -0.2) is 55.4 Å². The number of aliphatic hydroxyl groups excluding tert-OH is 1.